The number of rotatable bonds is 4. The summed E-state index contributed by atoms with van der Waals surface area (Å²) in [6.07, 6.45) is 0.765. The third-order valence-electron chi connectivity index (χ3n) is 2.48. The van der Waals surface area contributed by atoms with Crippen LogP contribution in [0.4, 0.5) is 11.5 Å². The molecule has 1 N–H and O–H groups in total. The van der Waals surface area contributed by atoms with Crippen LogP contribution in [-0.2, 0) is 6.42 Å². The second-order valence-electron chi connectivity index (χ2n) is 3.82. The molecule has 1 aromatic heterocycles. The van der Waals surface area contributed by atoms with Crippen molar-refractivity contribution in [3.63, 3.8) is 0 Å². The van der Waals surface area contributed by atoms with E-state index in [4.69, 9.17) is 16.3 Å². The molecule has 0 spiro atoms. The van der Waals surface area contributed by atoms with Crippen LogP contribution in [0.5, 0.6) is 5.75 Å². The molecule has 19 heavy (non-hydrogen) atoms. The second-order valence-corrected chi connectivity index (χ2v) is 5.06. The minimum Gasteiger partial charge on any atom is -0.495 e. The van der Waals surface area contributed by atoms with E-state index in [9.17, 15) is 0 Å². The van der Waals surface area contributed by atoms with Gasteiger partial charge in [0, 0.05) is 17.5 Å². The highest BCUT2D eigenvalue weighted by Crippen LogP contribution is 2.30. The number of ether oxygens (including phenoxy) is 1. The fraction of sp³-hybridized carbons (Fsp3) is 0.231. The maximum Gasteiger partial charge on any atom is 0.142 e. The van der Waals surface area contributed by atoms with E-state index in [2.05, 4.69) is 31.2 Å². The summed E-state index contributed by atoms with van der Waals surface area (Å²) in [6, 6.07) is 7.18. The van der Waals surface area contributed by atoms with Gasteiger partial charge in [0.05, 0.1) is 12.8 Å². The quantitative estimate of drug-likeness (QED) is 0.846. The number of aryl methyl sites for hydroxylation is 1. The van der Waals surface area contributed by atoms with Gasteiger partial charge >= 0.3 is 0 Å². The maximum atomic E-state index is 5.99. The number of aromatic nitrogens is 2. The molecule has 100 valence electrons. The molecule has 0 amide bonds. The van der Waals surface area contributed by atoms with E-state index in [0.29, 0.717) is 16.6 Å². The molecule has 0 unspecified atom stereocenters. The van der Waals surface area contributed by atoms with Gasteiger partial charge in [-0.25, -0.2) is 9.97 Å². The minimum absolute atomic E-state index is 0.632. The number of hydrogen-bond donors (Lipinski definition) is 1. The molecular formula is C13H13BrClN3O. The first-order valence-corrected chi connectivity index (χ1v) is 6.93. The minimum atomic E-state index is 0.632. The van der Waals surface area contributed by atoms with E-state index < -0.39 is 0 Å². The molecule has 0 saturated heterocycles. The summed E-state index contributed by atoms with van der Waals surface area (Å²) in [7, 11) is 1.61. The lowest BCUT2D eigenvalue weighted by atomic mass is 10.3. The van der Waals surface area contributed by atoms with Gasteiger partial charge in [-0.1, -0.05) is 18.5 Å². The van der Waals surface area contributed by atoms with E-state index in [0.717, 1.165) is 22.5 Å². The molecule has 2 rings (SSSR count). The molecule has 2 aromatic rings. The van der Waals surface area contributed by atoms with Gasteiger partial charge in [-0.2, -0.15) is 0 Å². The van der Waals surface area contributed by atoms with Gasteiger partial charge in [0.15, 0.2) is 0 Å². The smallest absolute Gasteiger partial charge is 0.142 e. The Bertz CT molecular complexity index is 592. The van der Waals surface area contributed by atoms with E-state index in [1.165, 1.54) is 0 Å². The number of anilines is 2. The normalized spacial score (nSPS) is 10.3. The highest BCUT2D eigenvalue weighted by atomic mass is 79.9. The lowest BCUT2D eigenvalue weighted by Gasteiger charge is -2.11. The van der Waals surface area contributed by atoms with Gasteiger partial charge in [-0.05, 0) is 34.1 Å². The van der Waals surface area contributed by atoms with Crippen molar-refractivity contribution in [3.05, 3.63) is 39.7 Å². The summed E-state index contributed by atoms with van der Waals surface area (Å²) in [5, 5.41) is 3.82. The molecule has 4 nitrogen and oxygen atoms in total. The second kappa shape index (κ2) is 6.21. The number of methoxy groups -OCH3 is 1. The van der Waals surface area contributed by atoms with Crippen LogP contribution in [0.25, 0.3) is 0 Å². The predicted octanol–water partition coefficient (Wildman–Crippen LogP) is 4.21. The van der Waals surface area contributed by atoms with Crippen molar-refractivity contribution < 1.29 is 4.74 Å². The molecule has 0 atom stereocenters. The standard InChI is InChI=1S/C13H13BrClN3O/c1-3-12-17-11(14)7-13(18-12)16-9-6-8(15)4-5-10(9)19-2/h4-7H,3H2,1-2H3,(H,16,17,18). The van der Waals surface area contributed by atoms with Crippen LogP contribution in [0.3, 0.4) is 0 Å². The first-order valence-electron chi connectivity index (χ1n) is 5.76. The fourth-order valence-electron chi connectivity index (χ4n) is 1.60. The molecule has 6 heteroatoms. The monoisotopic (exact) mass is 341 g/mol. The Balaban J connectivity index is 2.35. The van der Waals surface area contributed by atoms with Gasteiger partial charge < -0.3 is 10.1 Å². The molecule has 1 heterocycles. The van der Waals surface area contributed by atoms with Crippen molar-refractivity contribution in [1.82, 2.24) is 9.97 Å². The summed E-state index contributed by atoms with van der Waals surface area (Å²) in [4.78, 5) is 8.66. The molecule has 0 bridgehead atoms. The van der Waals surface area contributed by atoms with Crippen LogP contribution in [0.2, 0.25) is 5.02 Å². The van der Waals surface area contributed by atoms with Gasteiger partial charge in [0.1, 0.15) is 22.0 Å². The summed E-state index contributed by atoms with van der Waals surface area (Å²) in [6.45, 7) is 2.01. The van der Waals surface area contributed by atoms with Gasteiger partial charge in [-0.15, -0.1) is 0 Å². The number of benzene rings is 1. The van der Waals surface area contributed by atoms with E-state index in [1.807, 2.05) is 13.0 Å². The third-order valence-corrected chi connectivity index (χ3v) is 3.12. The highest BCUT2D eigenvalue weighted by Gasteiger charge is 2.07. The summed E-state index contributed by atoms with van der Waals surface area (Å²) in [5.41, 5.74) is 0.766. The average Bonchev–Trinajstić information content (AvgIpc) is 2.38. The maximum absolute atomic E-state index is 5.99. The van der Waals surface area contributed by atoms with Crippen molar-refractivity contribution in [3.8, 4) is 5.75 Å². The first-order chi connectivity index (χ1) is 9.12. The SMILES string of the molecule is CCc1nc(Br)cc(Nc2cc(Cl)ccc2OC)n1. The Hall–Kier alpha value is -1.33. The van der Waals surface area contributed by atoms with Crippen molar-refractivity contribution in [2.75, 3.05) is 12.4 Å². The molecule has 1 aromatic carbocycles. The van der Waals surface area contributed by atoms with Gasteiger partial charge in [-0.3, -0.25) is 0 Å². The summed E-state index contributed by atoms with van der Waals surface area (Å²) < 4.78 is 6.02. The van der Waals surface area contributed by atoms with E-state index >= 15 is 0 Å². The number of nitrogens with one attached hydrogen (secondary N) is 1. The van der Waals surface area contributed by atoms with Crippen LogP contribution in [0.15, 0.2) is 28.9 Å². The zero-order chi connectivity index (χ0) is 13.8. The van der Waals surface area contributed by atoms with Crippen molar-refractivity contribution in [2.45, 2.75) is 13.3 Å². The third kappa shape index (κ3) is 3.58. The Morgan fingerprint density at radius 1 is 1.32 bits per heavy atom. The van der Waals surface area contributed by atoms with Crippen LogP contribution in [-0.4, -0.2) is 17.1 Å². The Morgan fingerprint density at radius 3 is 2.79 bits per heavy atom. The number of halogens is 2. The Labute approximate surface area is 125 Å². The Morgan fingerprint density at radius 2 is 2.11 bits per heavy atom. The zero-order valence-electron chi connectivity index (χ0n) is 10.6. The lowest BCUT2D eigenvalue weighted by molar-refractivity contribution is 0.417. The summed E-state index contributed by atoms with van der Waals surface area (Å²) in [5.74, 6) is 2.16. The van der Waals surface area contributed by atoms with Crippen LogP contribution < -0.4 is 10.1 Å². The lowest BCUT2D eigenvalue weighted by Crippen LogP contribution is -2.01. The largest absolute Gasteiger partial charge is 0.495 e. The predicted molar refractivity (Wildman–Crippen MR) is 80.4 cm³/mol. The van der Waals surface area contributed by atoms with Gasteiger partial charge in [0.2, 0.25) is 0 Å². The molecule has 0 radical (unpaired) electrons. The number of hydrogen-bond acceptors (Lipinski definition) is 4. The zero-order valence-corrected chi connectivity index (χ0v) is 12.9. The first kappa shape index (κ1) is 14.1. The summed E-state index contributed by atoms with van der Waals surface area (Å²) >= 11 is 9.36. The topological polar surface area (TPSA) is 47.0 Å². The molecule has 0 fully saturated rings. The van der Waals surface area contributed by atoms with Gasteiger partial charge in [0.25, 0.3) is 0 Å². The van der Waals surface area contributed by atoms with Crippen LogP contribution >= 0.6 is 27.5 Å². The molecule has 0 saturated carbocycles. The fourth-order valence-corrected chi connectivity index (χ4v) is 2.20. The van der Waals surface area contributed by atoms with E-state index in [-0.39, 0.29) is 0 Å². The van der Waals surface area contributed by atoms with Crippen molar-refractivity contribution >= 4 is 39.0 Å². The molecule has 0 aliphatic heterocycles. The van der Waals surface area contributed by atoms with Crippen LogP contribution in [0, 0.1) is 0 Å². The highest BCUT2D eigenvalue weighted by molar-refractivity contribution is 9.10. The molecule has 0 aliphatic carbocycles. The van der Waals surface area contributed by atoms with Crippen molar-refractivity contribution in [1.29, 1.82) is 0 Å². The van der Waals surface area contributed by atoms with Crippen LogP contribution in [0.1, 0.15) is 12.7 Å². The Kier molecular flexibility index (Phi) is 4.61. The van der Waals surface area contributed by atoms with E-state index in [1.54, 1.807) is 25.3 Å². The molecular weight excluding hydrogens is 330 g/mol. The number of nitrogens with zero attached hydrogens (tertiary/aromatic N) is 2. The average molecular weight is 343 g/mol. The van der Waals surface area contributed by atoms with Crippen molar-refractivity contribution in [2.24, 2.45) is 0 Å². The molecule has 0 aliphatic rings.